The summed E-state index contributed by atoms with van der Waals surface area (Å²) in [5.74, 6) is 0.533. The quantitative estimate of drug-likeness (QED) is 0.804. The molecular weight excluding hydrogens is 340 g/mol. The molecule has 6 nitrogen and oxygen atoms in total. The normalized spacial score (nSPS) is 14.3. The van der Waals surface area contributed by atoms with Crippen molar-refractivity contribution in [2.75, 3.05) is 26.1 Å². The molecule has 1 aliphatic rings. The van der Waals surface area contributed by atoms with E-state index in [1.54, 1.807) is 32.2 Å². The van der Waals surface area contributed by atoms with Crippen molar-refractivity contribution >= 4 is 34.4 Å². The van der Waals surface area contributed by atoms with Crippen molar-refractivity contribution in [1.82, 2.24) is 4.90 Å². The van der Waals surface area contributed by atoms with Gasteiger partial charge < -0.3 is 14.8 Å². The molecule has 0 bridgehead atoms. The lowest BCUT2D eigenvalue weighted by Gasteiger charge is -2.14. The second-order valence-corrected chi connectivity index (χ2v) is 6.22. The molecule has 0 aliphatic carbocycles. The summed E-state index contributed by atoms with van der Waals surface area (Å²) < 4.78 is 10.6. The van der Waals surface area contributed by atoms with E-state index in [9.17, 15) is 9.59 Å². The summed E-state index contributed by atoms with van der Waals surface area (Å²) in [6.07, 6.45) is 0. The molecule has 0 atom stereocenters. The Morgan fingerprint density at radius 1 is 1.12 bits per heavy atom. The minimum absolute atomic E-state index is 0.262. The summed E-state index contributed by atoms with van der Waals surface area (Å²) >= 11 is 1.42. The standard InChI is InChI=1S/C18H18N2O4S/c1-4-20-17(21)15(14-6-5-9-25-14)16(18(20)22)19-12-8-7-11(23-2)10-13(12)24-3/h5-10,19H,4H2,1-3H3. The molecule has 1 aromatic carbocycles. The molecule has 0 fully saturated rings. The fourth-order valence-corrected chi connectivity index (χ4v) is 3.43. The summed E-state index contributed by atoms with van der Waals surface area (Å²) in [7, 11) is 3.10. The second kappa shape index (κ2) is 6.98. The lowest BCUT2D eigenvalue weighted by molar-refractivity contribution is -0.136. The Balaban J connectivity index is 2.06. The van der Waals surface area contributed by atoms with Crippen molar-refractivity contribution in [3.05, 3.63) is 46.3 Å². The predicted octanol–water partition coefficient (Wildman–Crippen LogP) is 2.98. The Kier molecular flexibility index (Phi) is 4.76. The third kappa shape index (κ3) is 2.98. The van der Waals surface area contributed by atoms with Crippen LogP contribution in [-0.2, 0) is 9.59 Å². The number of imide groups is 1. The van der Waals surface area contributed by atoms with Crippen molar-refractivity contribution in [2.45, 2.75) is 6.92 Å². The molecule has 3 rings (SSSR count). The first-order chi connectivity index (χ1) is 12.1. The van der Waals surface area contributed by atoms with Gasteiger partial charge in [-0.3, -0.25) is 14.5 Å². The highest BCUT2D eigenvalue weighted by Crippen LogP contribution is 2.36. The van der Waals surface area contributed by atoms with Crippen LogP contribution in [0.25, 0.3) is 5.57 Å². The van der Waals surface area contributed by atoms with Gasteiger partial charge in [-0.05, 0) is 30.5 Å². The Labute approximate surface area is 149 Å². The number of hydrogen-bond acceptors (Lipinski definition) is 6. The Hall–Kier alpha value is -2.80. The minimum atomic E-state index is -0.339. The van der Waals surface area contributed by atoms with Gasteiger partial charge in [0.25, 0.3) is 11.8 Å². The number of carbonyl (C=O) groups excluding carboxylic acids is 2. The molecule has 0 saturated carbocycles. The molecule has 0 saturated heterocycles. The van der Waals surface area contributed by atoms with Gasteiger partial charge in [0.2, 0.25) is 0 Å². The number of thiophene rings is 1. The third-order valence-electron chi connectivity index (χ3n) is 3.92. The van der Waals surface area contributed by atoms with Crippen molar-refractivity contribution in [2.24, 2.45) is 0 Å². The molecule has 0 unspecified atom stereocenters. The molecule has 130 valence electrons. The largest absolute Gasteiger partial charge is 0.497 e. The summed E-state index contributed by atoms with van der Waals surface area (Å²) in [6, 6.07) is 8.91. The predicted molar refractivity (Wildman–Crippen MR) is 96.8 cm³/mol. The SMILES string of the molecule is CCN1C(=O)C(Nc2ccc(OC)cc2OC)=C(c2cccs2)C1=O. The highest BCUT2D eigenvalue weighted by Gasteiger charge is 2.38. The van der Waals surface area contributed by atoms with E-state index in [0.717, 1.165) is 4.88 Å². The van der Waals surface area contributed by atoms with E-state index in [0.29, 0.717) is 29.3 Å². The second-order valence-electron chi connectivity index (χ2n) is 5.27. The number of carbonyl (C=O) groups is 2. The average Bonchev–Trinajstić information content (AvgIpc) is 3.22. The highest BCUT2D eigenvalue weighted by molar-refractivity contribution is 7.11. The van der Waals surface area contributed by atoms with E-state index in [2.05, 4.69) is 5.32 Å². The number of methoxy groups -OCH3 is 2. The molecule has 0 spiro atoms. The monoisotopic (exact) mass is 358 g/mol. The van der Waals surface area contributed by atoms with Crippen LogP contribution in [-0.4, -0.2) is 37.5 Å². The van der Waals surface area contributed by atoms with E-state index < -0.39 is 0 Å². The number of hydrogen-bond donors (Lipinski definition) is 1. The van der Waals surface area contributed by atoms with E-state index in [-0.39, 0.29) is 17.5 Å². The van der Waals surface area contributed by atoms with Crippen LogP contribution in [0.2, 0.25) is 0 Å². The molecule has 2 heterocycles. The van der Waals surface area contributed by atoms with E-state index in [1.807, 2.05) is 17.5 Å². The number of rotatable bonds is 6. The van der Waals surface area contributed by atoms with Crippen LogP contribution in [0.1, 0.15) is 11.8 Å². The maximum Gasteiger partial charge on any atom is 0.278 e. The lowest BCUT2D eigenvalue weighted by Crippen LogP contribution is -2.32. The zero-order valence-electron chi connectivity index (χ0n) is 14.2. The summed E-state index contributed by atoms with van der Waals surface area (Å²) in [5, 5.41) is 4.96. The zero-order chi connectivity index (χ0) is 18.0. The van der Waals surface area contributed by atoms with Crippen LogP contribution in [0, 0.1) is 0 Å². The number of benzene rings is 1. The molecule has 1 aromatic heterocycles. The number of anilines is 1. The first-order valence-electron chi connectivity index (χ1n) is 7.74. The number of amides is 2. The molecular formula is C18H18N2O4S. The van der Waals surface area contributed by atoms with Crippen LogP contribution in [0.4, 0.5) is 5.69 Å². The molecule has 2 amide bonds. The van der Waals surface area contributed by atoms with Gasteiger partial charge in [-0.2, -0.15) is 0 Å². The molecule has 1 aliphatic heterocycles. The smallest absolute Gasteiger partial charge is 0.278 e. The van der Waals surface area contributed by atoms with Crippen LogP contribution >= 0.6 is 11.3 Å². The molecule has 25 heavy (non-hydrogen) atoms. The van der Waals surface area contributed by atoms with Crippen molar-refractivity contribution in [3.63, 3.8) is 0 Å². The van der Waals surface area contributed by atoms with E-state index >= 15 is 0 Å². The average molecular weight is 358 g/mol. The van der Waals surface area contributed by atoms with E-state index in [4.69, 9.17) is 9.47 Å². The number of nitrogens with zero attached hydrogens (tertiary/aromatic N) is 1. The summed E-state index contributed by atoms with van der Waals surface area (Å²) in [4.78, 5) is 27.4. The van der Waals surface area contributed by atoms with Crippen LogP contribution in [0.3, 0.4) is 0 Å². The first kappa shape index (κ1) is 17.0. The van der Waals surface area contributed by atoms with Gasteiger partial charge in [0, 0.05) is 17.5 Å². The molecule has 7 heteroatoms. The van der Waals surface area contributed by atoms with Crippen LogP contribution < -0.4 is 14.8 Å². The van der Waals surface area contributed by atoms with Gasteiger partial charge >= 0.3 is 0 Å². The molecule has 0 radical (unpaired) electrons. The van der Waals surface area contributed by atoms with Gasteiger partial charge in [-0.25, -0.2) is 0 Å². The van der Waals surface area contributed by atoms with Crippen molar-refractivity contribution in [1.29, 1.82) is 0 Å². The Morgan fingerprint density at radius 2 is 1.92 bits per heavy atom. The molecule has 2 aromatic rings. The topological polar surface area (TPSA) is 67.9 Å². The van der Waals surface area contributed by atoms with Gasteiger partial charge in [0.1, 0.15) is 17.2 Å². The fraction of sp³-hybridized carbons (Fsp3) is 0.222. The maximum absolute atomic E-state index is 12.7. The minimum Gasteiger partial charge on any atom is -0.497 e. The number of nitrogens with one attached hydrogen (secondary N) is 1. The fourth-order valence-electron chi connectivity index (χ4n) is 2.67. The Morgan fingerprint density at radius 3 is 2.52 bits per heavy atom. The first-order valence-corrected chi connectivity index (χ1v) is 8.62. The summed E-state index contributed by atoms with van der Waals surface area (Å²) in [5.41, 5.74) is 1.24. The molecule has 1 N–H and O–H groups in total. The zero-order valence-corrected chi connectivity index (χ0v) is 15.0. The van der Waals surface area contributed by atoms with Gasteiger partial charge in [-0.15, -0.1) is 11.3 Å². The van der Waals surface area contributed by atoms with Crippen LogP contribution in [0.5, 0.6) is 11.5 Å². The van der Waals surface area contributed by atoms with Gasteiger partial charge in [0.15, 0.2) is 0 Å². The van der Waals surface area contributed by atoms with Gasteiger partial charge in [-0.1, -0.05) is 6.07 Å². The maximum atomic E-state index is 12.7. The van der Waals surface area contributed by atoms with Crippen molar-refractivity contribution < 1.29 is 19.1 Å². The third-order valence-corrected chi connectivity index (χ3v) is 4.81. The number of likely N-dealkylation sites (N-methyl/N-ethyl adjacent to an activating group) is 1. The van der Waals surface area contributed by atoms with E-state index in [1.165, 1.54) is 23.3 Å². The van der Waals surface area contributed by atoms with Crippen molar-refractivity contribution in [3.8, 4) is 11.5 Å². The number of ether oxygens (including phenoxy) is 2. The van der Waals surface area contributed by atoms with Crippen LogP contribution in [0.15, 0.2) is 41.4 Å². The summed E-state index contributed by atoms with van der Waals surface area (Å²) in [6.45, 7) is 2.09. The van der Waals surface area contributed by atoms with Gasteiger partial charge in [0.05, 0.1) is 25.5 Å². The lowest BCUT2D eigenvalue weighted by atomic mass is 10.1. The Bertz CT molecular complexity index is 843. The highest BCUT2D eigenvalue weighted by atomic mass is 32.1.